The normalized spacial score (nSPS) is 16.6. The summed E-state index contributed by atoms with van der Waals surface area (Å²) in [6, 6.07) is 5.92. The summed E-state index contributed by atoms with van der Waals surface area (Å²) in [4.78, 5) is 0. The summed E-state index contributed by atoms with van der Waals surface area (Å²) in [5.41, 5.74) is 1.05. The van der Waals surface area contributed by atoms with Crippen molar-refractivity contribution in [3.8, 4) is 11.5 Å². The van der Waals surface area contributed by atoms with E-state index in [2.05, 4.69) is 19.2 Å². The second-order valence-electron chi connectivity index (χ2n) is 4.89. The van der Waals surface area contributed by atoms with Gasteiger partial charge in [-0.25, -0.2) is 0 Å². The van der Waals surface area contributed by atoms with Gasteiger partial charge in [-0.15, -0.1) is 0 Å². The van der Waals surface area contributed by atoms with Crippen LogP contribution in [0.15, 0.2) is 18.2 Å². The maximum absolute atomic E-state index is 9.10. The van der Waals surface area contributed by atoms with Gasteiger partial charge < -0.3 is 19.9 Å². The highest BCUT2D eigenvalue weighted by Gasteiger charge is 2.22. The first-order valence-corrected chi connectivity index (χ1v) is 6.42. The fraction of sp³-hybridized carbons (Fsp3) is 0.571. The lowest BCUT2D eigenvalue weighted by molar-refractivity contribution is 0.172. The fourth-order valence-corrected chi connectivity index (χ4v) is 2.08. The van der Waals surface area contributed by atoms with Gasteiger partial charge in [0.05, 0.1) is 0 Å². The Kier molecular flexibility index (Phi) is 4.09. The third-order valence-corrected chi connectivity index (χ3v) is 3.63. The van der Waals surface area contributed by atoms with E-state index in [1.165, 1.54) is 0 Å². The van der Waals surface area contributed by atoms with Crippen LogP contribution in [0.3, 0.4) is 0 Å². The molecule has 1 aliphatic rings. The molecule has 1 unspecified atom stereocenters. The zero-order valence-electron chi connectivity index (χ0n) is 11.0. The van der Waals surface area contributed by atoms with E-state index >= 15 is 0 Å². The van der Waals surface area contributed by atoms with Gasteiger partial charge in [0, 0.05) is 24.3 Å². The molecule has 0 amide bonds. The molecule has 1 aliphatic heterocycles. The predicted octanol–water partition coefficient (Wildman–Crippen LogP) is 2.06. The van der Waals surface area contributed by atoms with E-state index in [9.17, 15) is 0 Å². The first-order valence-electron chi connectivity index (χ1n) is 6.42. The number of nitrogens with one attached hydrogen (secondary N) is 1. The maximum Gasteiger partial charge on any atom is 0.231 e. The zero-order chi connectivity index (χ0) is 13.0. The second kappa shape index (κ2) is 5.59. The lowest BCUT2D eigenvalue weighted by Gasteiger charge is -2.29. The van der Waals surface area contributed by atoms with Crippen LogP contribution in [0.4, 0.5) is 0 Å². The topological polar surface area (TPSA) is 50.7 Å². The summed E-state index contributed by atoms with van der Waals surface area (Å²) in [6.45, 7) is 5.47. The number of aliphatic hydroxyl groups excluding tert-OH is 1. The minimum absolute atomic E-state index is 0.0447. The highest BCUT2D eigenvalue weighted by molar-refractivity contribution is 5.48. The lowest BCUT2D eigenvalue weighted by atomic mass is 9.94. The highest BCUT2D eigenvalue weighted by Crippen LogP contribution is 2.35. The summed E-state index contributed by atoms with van der Waals surface area (Å²) in [7, 11) is 0. The van der Waals surface area contributed by atoms with Crippen molar-refractivity contribution in [2.45, 2.75) is 38.8 Å². The van der Waals surface area contributed by atoms with E-state index in [-0.39, 0.29) is 12.1 Å². The van der Waals surface area contributed by atoms with E-state index in [4.69, 9.17) is 14.6 Å². The molecule has 0 radical (unpaired) electrons. The lowest BCUT2D eigenvalue weighted by Crippen LogP contribution is -2.42. The van der Waals surface area contributed by atoms with Gasteiger partial charge in [-0.05, 0) is 25.8 Å². The fourth-order valence-electron chi connectivity index (χ4n) is 2.08. The number of benzene rings is 1. The van der Waals surface area contributed by atoms with E-state index < -0.39 is 0 Å². The molecule has 0 bridgehead atoms. The molecule has 2 N–H and O–H groups in total. The monoisotopic (exact) mass is 251 g/mol. The molecule has 4 heteroatoms. The third kappa shape index (κ3) is 2.76. The van der Waals surface area contributed by atoms with Gasteiger partial charge in [0.1, 0.15) is 0 Å². The average molecular weight is 251 g/mol. The maximum atomic E-state index is 9.10. The molecule has 0 saturated carbocycles. The molecule has 2 rings (SSSR count). The first-order chi connectivity index (χ1) is 8.68. The van der Waals surface area contributed by atoms with Crippen molar-refractivity contribution in [2.24, 2.45) is 0 Å². The largest absolute Gasteiger partial charge is 0.454 e. The molecule has 1 aromatic rings. The van der Waals surface area contributed by atoms with Gasteiger partial charge in [-0.3, -0.25) is 0 Å². The van der Waals surface area contributed by atoms with Gasteiger partial charge in [0.25, 0.3) is 0 Å². The number of hydrogen-bond acceptors (Lipinski definition) is 4. The second-order valence-corrected chi connectivity index (χ2v) is 4.89. The number of ether oxygens (including phenoxy) is 2. The molecule has 0 saturated heterocycles. The molecule has 0 aromatic heterocycles. The average Bonchev–Trinajstić information content (AvgIpc) is 2.85. The van der Waals surface area contributed by atoms with Gasteiger partial charge in [-0.1, -0.05) is 19.1 Å². The van der Waals surface area contributed by atoms with Crippen LogP contribution >= 0.6 is 0 Å². The smallest absolute Gasteiger partial charge is 0.231 e. The van der Waals surface area contributed by atoms with E-state index in [0.29, 0.717) is 6.79 Å². The summed E-state index contributed by atoms with van der Waals surface area (Å²) in [5.74, 6) is 1.65. The van der Waals surface area contributed by atoms with Crippen molar-refractivity contribution in [1.29, 1.82) is 0 Å². The van der Waals surface area contributed by atoms with E-state index in [0.717, 1.165) is 36.4 Å². The minimum Gasteiger partial charge on any atom is -0.454 e. The van der Waals surface area contributed by atoms with Crippen molar-refractivity contribution in [3.05, 3.63) is 23.8 Å². The Balaban J connectivity index is 2.04. The van der Waals surface area contributed by atoms with Crippen LogP contribution in [-0.2, 0) is 6.54 Å². The molecule has 0 aliphatic carbocycles. The summed E-state index contributed by atoms with van der Waals surface area (Å²) >= 11 is 0. The molecule has 0 fully saturated rings. The Morgan fingerprint density at radius 3 is 2.94 bits per heavy atom. The van der Waals surface area contributed by atoms with Crippen molar-refractivity contribution >= 4 is 0 Å². The van der Waals surface area contributed by atoms with Crippen LogP contribution in [-0.4, -0.2) is 24.0 Å². The number of hydrogen-bond donors (Lipinski definition) is 2. The Hall–Kier alpha value is -1.26. The van der Waals surface area contributed by atoms with E-state index in [1.807, 2.05) is 18.2 Å². The molecule has 0 spiro atoms. The van der Waals surface area contributed by atoms with Crippen molar-refractivity contribution < 1.29 is 14.6 Å². The van der Waals surface area contributed by atoms with Crippen LogP contribution in [0.1, 0.15) is 32.3 Å². The number of fused-ring (bicyclic) bond motifs is 1. The molecular weight excluding hydrogens is 230 g/mol. The molecular formula is C14H21NO3. The molecule has 1 atom stereocenters. The minimum atomic E-state index is -0.0447. The van der Waals surface area contributed by atoms with Crippen LogP contribution in [0, 0.1) is 0 Å². The van der Waals surface area contributed by atoms with Gasteiger partial charge in [0.15, 0.2) is 11.5 Å². The molecule has 1 heterocycles. The Morgan fingerprint density at radius 1 is 1.39 bits per heavy atom. The SMILES string of the molecule is CCC(C)(CCO)NCc1cccc2c1OCO2. The molecule has 1 aromatic carbocycles. The van der Waals surface area contributed by atoms with Crippen molar-refractivity contribution in [2.75, 3.05) is 13.4 Å². The van der Waals surface area contributed by atoms with Crippen LogP contribution in [0.5, 0.6) is 11.5 Å². The van der Waals surface area contributed by atoms with Gasteiger partial charge >= 0.3 is 0 Å². The van der Waals surface area contributed by atoms with E-state index in [1.54, 1.807) is 0 Å². The standard InChI is InChI=1S/C14H21NO3/c1-3-14(2,7-8-16)15-9-11-5-4-6-12-13(11)18-10-17-12/h4-6,15-16H,3,7-10H2,1-2H3. The summed E-state index contributed by atoms with van der Waals surface area (Å²) < 4.78 is 10.8. The molecule has 4 nitrogen and oxygen atoms in total. The van der Waals surface area contributed by atoms with Crippen molar-refractivity contribution in [1.82, 2.24) is 5.32 Å². The van der Waals surface area contributed by atoms with Gasteiger partial charge in [0.2, 0.25) is 6.79 Å². The quantitative estimate of drug-likeness (QED) is 0.812. The Labute approximate surface area is 108 Å². The van der Waals surface area contributed by atoms with Crippen LogP contribution < -0.4 is 14.8 Å². The number of rotatable bonds is 6. The van der Waals surface area contributed by atoms with Crippen molar-refractivity contribution in [3.63, 3.8) is 0 Å². The summed E-state index contributed by atoms with van der Waals surface area (Å²) in [6.07, 6.45) is 1.72. The first kappa shape index (κ1) is 13.2. The summed E-state index contributed by atoms with van der Waals surface area (Å²) in [5, 5.41) is 12.6. The Morgan fingerprint density at radius 2 is 2.22 bits per heavy atom. The third-order valence-electron chi connectivity index (χ3n) is 3.63. The zero-order valence-corrected chi connectivity index (χ0v) is 11.0. The molecule has 100 valence electrons. The predicted molar refractivity (Wildman–Crippen MR) is 69.8 cm³/mol. The highest BCUT2D eigenvalue weighted by atomic mass is 16.7. The number of para-hydroxylation sites is 1. The van der Waals surface area contributed by atoms with Crippen LogP contribution in [0.2, 0.25) is 0 Å². The van der Waals surface area contributed by atoms with Crippen LogP contribution in [0.25, 0.3) is 0 Å². The van der Waals surface area contributed by atoms with Gasteiger partial charge in [-0.2, -0.15) is 0 Å². The molecule has 18 heavy (non-hydrogen) atoms. The Bertz CT molecular complexity index is 408. The number of aliphatic hydroxyl groups is 1.